The molecule has 2 aromatic rings. The minimum absolute atomic E-state index is 0.000743. The average Bonchev–Trinajstić information content (AvgIpc) is 2.91. The van der Waals surface area contributed by atoms with Gasteiger partial charge in [-0.3, -0.25) is 9.78 Å². The quantitative estimate of drug-likeness (QED) is 0.699. The molecule has 0 saturated heterocycles. The Morgan fingerprint density at radius 2 is 2.13 bits per heavy atom. The second-order valence-electron chi connectivity index (χ2n) is 9.36. The maximum Gasteiger partial charge on any atom is 0.255 e. The molecule has 1 aromatic carbocycles. The van der Waals surface area contributed by atoms with Gasteiger partial charge in [-0.25, -0.2) is 0 Å². The van der Waals surface area contributed by atoms with Crippen molar-refractivity contribution in [2.45, 2.75) is 76.9 Å². The maximum absolute atomic E-state index is 12.9. The largest absolute Gasteiger partial charge is 0.390 e. The minimum atomic E-state index is -0.576. The molecule has 0 bridgehead atoms. The van der Waals surface area contributed by atoms with Gasteiger partial charge in [-0.1, -0.05) is 26.3 Å². The predicted molar refractivity (Wildman–Crippen MR) is 122 cm³/mol. The topological polar surface area (TPSA) is 71.5 Å². The Kier molecular flexibility index (Phi) is 6.18. The summed E-state index contributed by atoms with van der Waals surface area (Å²) >= 11 is 0. The number of aliphatic hydroxyl groups is 1. The number of aromatic nitrogens is 1. The molecule has 4 rings (SSSR count). The van der Waals surface area contributed by atoms with Crippen LogP contribution >= 0.6 is 0 Å². The van der Waals surface area contributed by atoms with Crippen molar-refractivity contribution >= 4 is 11.6 Å². The number of carbonyl (C=O) groups is 1. The van der Waals surface area contributed by atoms with Gasteiger partial charge in [0.25, 0.3) is 5.91 Å². The first-order valence-corrected chi connectivity index (χ1v) is 11.6. The third-order valence-corrected chi connectivity index (χ3v) is 7.53. The summed E-state index contributed by atoms with van der Waals surface area (Å²) in [5.74, 6) is 0.160. The van der Waals surface area contributed by atoms with E-state index >= 15 is 0 Å². The Balaban J connectivity index is 1.63. The number of nitrogens with one attached hydrogen (secondary N) is 1. The van der Waals surface area contributed by atoms with Gasteiger partial charge in [-0.15, -0.1) is 0 Å². The van der Waals surface area contributed by atoms with E-state index in [0.717, 1.165) is 55.5 Å². The zero-order chi connectivity index (χ0) is 22.1. The van der Waals surface area contributed by atoms with E-state index in [1.165, 1.54) is 5.56 Å². The number of fused-ring (bicyclic) bond motifs is 3. The predicted octanol–water partition coefficient (Wildman–Crippen LogP) is 5.15. The number of aryl methyl sites for hydroxylation is 1. The first kappa shape index (κ1) is 22.0. The molecule has 2 N–H and O–H groups in total. The lowest BCUT2D eigenvalue weighted by Crippen LogP contribution is -2.48. The van der Waals surface area contributed by atoms with Crippen molar-refractivity contribution < 1.29 is 14.6 Å². The zero-order valence-electron chi connectivity index (χ0n) is 18.9. The molecule has 2 heterocycles. The molecular formula is C26H34N2O3. The summed E-state index contributed by atoms with van der Waals surface area (Å²) in [5, 5.41) is 14.1. The molecule has 1 fully saturated rings. The number of benzene rings is 1. The van der Waals surface area contributed by atoms with Gasteiger partial charge in [0.1, 0.15) is 0 Å². The van der Waals surface area contributed by atoms with Gasteiger partial charge in [0.05, 0.1) is 30.2 Å². The fourth-order valence-corrected chi connectivity index (χ4v) is 5.80. The van der Waals surface area contributed by atoms with Gasteiger partial charge in [0, 0.05) is 17.2 Å². The van der Waals surface area contributed by atoms with E-state index in [1.807, 2.05) is 31.2 Å². The van der Waals surface area contributed by atoms with Gasteiger partial charge in [0.15, 0.2) is 0 Å². The van der Waals surface area contributed by atoms with Crippen LogP contribution in [0.2, 0.25) is 0 Å². The number of anilines is 1. The molecule has 3 unspecified atom stereocenters. The molecule has 3 atom stereocenters. The van der Waals surface area contributed by atoms with Crippen molar-refractivity contribution in [2.24, 2.45) is 5.92 Å². The van der Waals surface area contributed by atoms with Crippen LogP contribution in [0.1, 0.15) is 79.6 Å². The van der Waals surface area contributed by atoms with Crippen molar-refractivity contribution in [3.63, 3.8) is 0 Å². The molecule has 0 radical (unpaired) electrons. The van der Waals surface area contributed by atoms with Crippen LogP contribution in [0.5, 0.6) is 0 Å². The van der Waals surface area contributed by atoms with Crippen LogP contribution in [0.25, 0.3) is 0 Å². The molecule has 1 saturated carbocycles. The van der Waals surface area contributed by atoms with E-state index in [2.05, 4.69) is 30.2 Å². The fraction of sp³-hybridized carbons (Fsp3) is 0.538. The molecule has 2 aliphatic rings. The van der Waals surface area contributed by atoms with E-state index < -0.39 is 5.60 Å². The van der Waals surface area contributed by atoms with Gasteiger partial charge < -0.3 is 15.2 Å². The molecular weight excluding hydrogens is 388 g/mol. The lowest BCUT2D eigenvalue weighted by molar-refractivity contribution is -0.0706. The number of ether oxygens (including phenoxy) is 1. The van der Waals surface area contributed by atoms with Crippen LogP contribution in [0.4, 0.5) is 5.69 Å². The number of nitrogens with zero attached hydrogens (tertiary/aromatic N) is 1. The Hall–Kier alpha value is -2.24. The van der Waals surface area contributed by atoms with Crippen LogP contribution in [0.15, 0.2) is 36.5 Å². The van der Waals surface area contributed by atoms with E-state index in [4.69, 9.17) is 4.74 Å². The van der Waals surface area contributed by atoms with Crippen LogP contribution < -0.4 is 5.32 Å². The SMILES string of the molecule is CCCC1(O)CCC2(CC)c3ccc(C(=O)Nc4cccnc4C)cc3COCC2C1. The molecule has 1 aliphatic carbocycles. The minimum Gasteiger partial charge on any atom is -0.390 e. The number of rotatable bonds is 5. The molecule has 5 nitrogen and oxygen atoms in total. The lowest BCUT2D eigenvalue weighted by Gasteiger charge is -2.49. The Labute approximate surface area is 185 Å². The Morgan fingerprint density at radius 1 is 1.29 bits per heavy atom. The van der Waals surface area contributed by atoms with Crippen molar-refractivity contribution in [1.29, 1.82) is 0 Å². The average molecular weight is 423 g/mol. The van der Waals surface area contributed by atoms with Crippen LogP contribution in [0.3, 0.4) is 0 Å². The van der Waals surface area contributed by atoms with Crippen LogP contribution in [-0.4, -0.2) is 28.2 Å². The van der Waals surface area contributed by atoms with Crippen molar-refractivity contribution in [1.82, 2.24) is 4.98 Å². The van der Waals surface area contributed by atoms with Crippen molar-refractivity contribution in [2.75, 3.05) is 11.9 Å². The van der Waals surface area contributed by atoms with Gasteiger partial charge in [-0.05, 0) is 80.3 Å². The highest BCUT2D eigenvalue weighted by Crippen LogP contribution is 2.52. The fourth-order valence-electron chi connectivity index (χ4n) is 5.80. The summed E-state index contributed by atoms with van der Waals surface area (Å²) in [4.78, 5) is 17.2. The van der Waals surface area contributed by atoms with E-state index in [0.29, 0.717) is 24.7 Å². The summed E-state index contributed by atoms with van der Waals surface area (Å²) in [6, 6.07) is 9.75. The zero-order valence-corrected chi connectivity index (χ0v) is 18.9. The lowest BCUT2D eigenvalue weighted by atomic mass is 9.57. The number of hydrogen-bond donors (Lipinski definition) is 2. The highest BCUT2D eigenvalue weighted by Gasteiger charge is 2.49. The van der Waals surface area contributed by atoms with E-state index in [9.17, 15) is 9.90 Å². The summed E-state index contributed by atoms with van der Waals surface area (Å²) in [5.41, 5.74) is 3.98. The van der Waals surface area contributed by atoms with E-state index in [-0.39, 0.29) is 11.3 Å². The molecule has 1 aliphatic heterocycles. The Morgan fingerprint density at radius 3 is 2.87 bits per heavy atom. The number of hydrogen-bond acceptors (Lipinski definition) is 4. The smallest absolute Gasteiger partial charge is 0.255 e. The van der Waals surface area contributed by atoms with Crippen LogP contribution in [0, 0.1) is 12.8 Å². The summed E-state index contributed by atoms with van der Waals surface area (Å²) < 4.78 is 6.11. The summed E-state index contributed by atoms with van der Waals surface area (Å²) in [6.07, 6.45) is 7.15. The standard InChI is InChI=1S/C26H34N2O3/c1-4-10-25(30)11-12-26(5-2)21(15-25)17-31-16-20-14-19(8-9-22(20)26)24(29)28-23-7-6-13-27-18(23)3/h6-9,13-14,21,30H,4-5,10-12,15-17H2,1-3H3,(H,28,29). The third kappa shape index (κ3) is 4.13. The molecule has 0 spiro atoms. The molecule has 1 amide bonds. The normalized spacial score (nSPS) is 27.7. The second-order valence-corrected chi connectivity index (χ2v) is 9.36. The van der Waals surface area contributed by atoms with Gasteiger partial charge in [-0.2, -0.15) is 0 Å². The Bertz CT molecular complexity index is 959. The van der Waals surface area contributed by atoms with Crippen LogP contribution in [-0.2, 0) is 16.8 Å². The summed E-state index contributed by atoms with van der Waals surface area (Å²) in [6.45, 7) is 7.43. The number of amides is 1. The highest BCUT2D eigenvalue weighted by atomic mass is 16.5. The molecule has 31 heavy (non-hydrogen) atoms. The molecule has 5 heteroatoms. The second kappa shape index (κ2) is 8.71. The van der Waals surface area contributed by atoms with Crippen molar-refractivity contribution in [3.05, 3.63) is 58.9 Å². The van der Waals surface area contributed by atoms with Gasteiger partial charge >= 0.3 is 0 Å². The molecule has 166 valence electrons. The molecule has 1 aromatic heterocycles. The summed E-state index contributed by atoms with van der Waals surface area (Å²) in [7, 11) is 0. The first-order valence-electron chi connectivity index (χ1n) is 11.6. The number of pyridine rings is 1. The van der Waals surface area contributed by atoms with Gasteiger partial charge in [0.2, 0.25) is 0 Å². The monoisotopic (exact) mass is 422 g/mol. The van der Waals surface area contributed by atoms with E-state index in [1.54, 1.807) is 6.20 Å². The van der Waals surface area contributed by atoms with Crippen molar-refractivity contribution in [3.8, 4) is 0 Å². The number of carbonyl (C=O) groups excluding carboxylic acids is 1. The highest BCUT2D eigenvalue weighted by molar-refractivity contribution is 6.04. The maximum atomic E-state index is 12.9. The third-order valence-electron chi connectivity index (χ3n) is 7.53. The first-order chi connectivity index (χ1) is 14.9.